The number of hydrogen-bond acceptors (Lipinski definition) is 2. The van der Waals surface area contributed by atoms with Crippen molar-refractivity contribution in [1.29, 1.82) is 0 Å². The fourth-order valence-electron chi connectivity index (χ4n) is 2.78. The third-order valence-corrected chi connectivity index (χ3v) is 4.50. The van der Waals surface area contributed by atoms with Crippen molar-refractivity contribution in [2.24, 2.45) is 5.92 Å². The van der Waals surface area contributed by atoms with E-state index in [1.807, 2.05) is 6.92 Å². The summed E-state index contributed by atoms with van der Waals surface area (Å²) in [5.41, 5.74) is -0.108. The van der Waals surface area contributed by atoms with E-state index >= 15 is 0 Å². The van der Waals surface area contributed by atoms with Gasteiger partial charge in [-0.1, -0.05) is 37.3 Å². The first-order valence-corrected chi connectivity index (χ1v) is 7.91. The van der Waals surface area contributed by atoms with Crippen LogP contribution in [0.5, 0.6) is 0 Å². The van der Waals surface area contributed by atoms with Crippen LogP contribution in [0.2, 0.25) is 0 Å². The lowest BCUT2D eigenvalue weighted by atomic mass is 9.78. The van der Waals surface area contributed by atoms with E-state index in [0.717, 1.165) is 0 Å². The van der Waals surface area contributed by atoms with Gasteiger partial charge in [-0.2, -0.15) is 0 Å². The van der Waals surface area contributed by atoms with Crippen LogP contribution in [0.3, 0.4) is 0 Å². The second-order valence-corrected chi connectivity index (χ2v) is 6.06. The van der Waals surface area contributed by atoms with Crippen LogP contribution in [-0.4, -0.2) is 10.2 Å². The summed E-state index contributed by atoms with van der Waals surface area (Å²) in [6, 6.07) is 11.3. The minimum Gasteiger partial charge on any atom is -0.388 e. The maximum absolute atomic E-state index is 13.2. The van der Waals surface area contributed by atoms with Gasteiger partial charge in [0, 0.05) is 5.92 Å². The van der Waals surface area contributed by atoms with Gasteiger partial charge in [0.25, 0.3) is 0 Å². The van der Waals surface area contributed by atoms with E-state index in [0.29, 0.717) is 11.1 Å². The molecule has 3 atom stereocenters. The molecule has 0 aliphatic heterocycles. The Balaban J connectivity index is 2.18. The fourth-order valence-corrected chi connectivity index (χ4v) is 2.78. The highest BCUT2D eigenvalue weighted by Crippen LogP contribution is 2.37. The molecule has 2 nitrogen and oxygen atoms in total. The van der Waals surface area contributed by atoms with E-state index in [1.54, 1.807) is 18.2 Å². The van der Waals surface area contributed by atoms with Crippen LogP contribution in [0.15, 0.2) is 61.2 Å². The van der Waals surface area contributed by atoms with Crippen LogP contribution >= 0.6 is 0 Å². The quantitative estimate of drug-likeness (QED) is 0.734. The molecule has 0 aromatic heterocycles. The largest absolute Gasteiger partial charge is 0.388 e. The Hall–Kier alpha value is -2.04. The predicted molar refractivity (Wildman–Crippen MR) is 90.3 cm³/mol. The maximum Gasteiger partial charge on any atom is 0.123 e. The van der Waals surface area contributed by atoms with Crippen LogP contribution in [0.4, 0.5) is 8.78 Å². The Morgan fingerprint density at radius 2 is 1.54 bits per heavy atom. The van der Waals surface area contributed by atoms with Crippen molar-refractivity contribution >= 4 is 0 Å². The van der Waals surface area contributed by atoms with Crippen molar-refractivity contribution in [3.05, 3.63) is 83.9 Å². The zero-order valence-corrected chi connectivity index (χ0v) is 13.6. The van der Waals surface area contributed by atoms with Crippen LogP contribution in [0.25, 0.3) is 0 Å². The minimum atomic E-state index is -1.27. The Morgan fingerprint density at radius 1 is 1.04 bits per heavy atom. The number of benzene rings is 2. The molecule has 0 heterocycles. The Bertz CT molecular complexity index is 667. The molecule has 2 aromatic carbocycles. The third kappa shape index (κ3) is 4.08. The first-order valence-electron chi connectivity index (χ1n) is 7.91. The van der Waals surface area contributed by atoms with Gasteiger partial charge in [0.1, 0.15) is 11.6 Å². The van der Waals surface area contributed by atoms with Gasteiger partial charge in [-0.25, -0.2) is 8.78 Å². The summed E-state index contributed by atoms with van der Waals surface area (Å²) < 4.78 is 26.1. The monoisotopic (exact) mass is 332 g/mol. The van der Waals surface area contributed by atoms with Crippen LogP contribution < -0.4 is 0 Å². The van der Waals surface area contributed by atoms with Gasteiger partial charge in [-0.3, -0.25) is 0 Å². The Labute approximate surface area is 141 Å². The smallest absolute Gasteiger partial charge is 0.123 e. The molecule has 0 saturated carbocycles. The summed E-state index contributed by atoms with van der Waals surface area (Å²) >= 11 is 0. The van der Waals surface area contributed by atoms with E-state index in [4.69, 9.17) is 0 Å². The second kappa shape index (κ2) is 7.69. The van der Waals surface area contributed by atoms with Gasteiger partial charge in [0.05, 0.1) is 11.7 Å². The van der Waals surface area contributed by atoms with Crippen molar-refractivity contribution in [2.45, 2.75) is 31.5 Å². The molecule has 2 N–H and O–H groups in total. The van der Waals surface area contributed by atoms with Crippen molar-refractivity contribution < 1.29 is 19.0 Å². The van der Waals surface area contributed by atoms with E-state index in [2.05, 4.69) is 6.58 Å². The van der Waals surface area contributed by atoms with Gasteiger partial charge < -0.3 is 10.2 Å². The molecular weight excluding hydrogens is 310 g/mol. The first kappa shape index (κ1) is 18.3. The van der Waals surface area contributed by atoms with Crippen LogP contribution in [0, 0.1) is 17.6 Å². The van der Waals surface area contributed by atoms with E-state index in [1.165, 1.54) is 36.4 Å². The zero-order valence-electron chi connectivity index (χ0n) is 13.6. The highest BCUT2D eigenvalue weighted by Gasteiger charge is 2.34. The van der Waals surface area contributed by atoms with Crippen molar-refractivity contribution in [1.82, 2.24) is 0 Å². The lowest BCUT2D eigenvalue weighted by Crippen LogP contribution is -2.33. The number of aliphatic hydroxyl groups is 2. The summed E-state index contributed by atoms with van der Waals surface area (Å²) in [5, 5.41) is 21.4. The van der Waals surface area contributed by atoms with Crippen LogP contribution in [0.1, 0.15) is 37.0 Å². The molecule has 0 aliphatic carbocycles. The Morgan fingerprint density at radius 3 is 2.04 bits per heavy atom. The van der Waals surface area contributed by atoms with Gasteiger partial charge in [0.15, 0.2) is 0 Å². The summed E-state index contributed by atoms with van der Waals surface area (Å²) in [7, 11) is 0. The molecule has 2 rings (SSSR count). The highest BCUT2D eigenvalue weighted by atomic mass is 19.1. The first-order chi connectivity index (χ1) is 11.4. The number of halogens is 2. The SMILES string of the molecule is C=C[C@H](C)[C@@](O)(CC[C@@H](O)c1ccc(F)cc1)c1ccc(F)cc1. The summed E-state index contributed by atoms with van der Waals surface area (Å²) in [6.07, 6.45) is 1.34. The molecule has 4 heteroatoms. The van der Waals surface area contributed by atoms with Crippen molar-refractivity contribution in [3.63, 3.8) is 0 Å². The molecule has 0 radical (unpaired) electrons. The summed E-state index contributed by atoms with van der Waals surface area (Å²) in [5.74, 6) is -1.03. The molecule has 24 heavy (non-hydrogen) atoms. The normalized spacial score (nSPS) is 16.2. The van der Waals surface area contributed by atoms with E-state index in [-0.39, 0.29) is 30.4 Å². The standard InChI is InChI=1S/C20H22F2O2/c1-3-14(2)20(24,16-6-10-18(22)11-7-16)13-12-19(23)15-4-8-17(21)9-5-15/h3-11,14,19,23-24H,1,12-13H2,2H3/t14-,19+,20-/m0/s1. The molecule has 0 spiro atoms. The molecule has 0 bridgehead atoms. The summed E-state index contributed by atoms with van der Waals surface area (Å²) in [4.78, 5) is 0. The predicted octanol–water partition coefficient (Wildman–Crippen LogP) is 4.49. The van der Waals surface area contributed by atoms with E-state index in [9.17, 15) is 19.0 Å². The molecule has 0 aliphatic rings. The highest BCUT2D eigenvalue weighted by molar-refractivity contribution is 5.25. The average molecular weight is 332 g/mol. The fraction of sp³-hybridized carbons (Fsp3) is 0.300. The molecule has 128 valence electrons. The molecule has 0 amide bonds. The molecular formula is C20H22F2O2. The number of aliphatic hydroxyl groups excluding tert-OH is 1. The van der Waals surface area contributed by atoms with Gasteiger partial charge in [-0.15, -0.1) is 6.58 Å². The topological polar surface area (TPSA) is 40.5 Å². The molecule has 0 saturated heterocycles. The van der Waals surface area contributed by atoms with Gasteiger partial charge >= 0.3 is 0 Å². The average Bonchev–Trinajstić information content (AvgIpc) is 2.59. The number of rotatable bonds is 7. The van der Waals surface area contributed by atoms with Gasteiger partial charge in [0.2, 0.25) is 0 Å². The lowest BCUT2D eigenvalue weighted by Gasteiger charge is -2.34. The minimum absolute atomic E-state index is 0.254. The molecule has 2 aromatic rings. The number of hydrogen-bond donors (Lipinski definition) is 2. The zero-order chi connectivity index (χ0) is 17.7. The summed E-state index contributed by atoms with van der Waals surface area (Å²) in [6.45, 7) is 5.55. The van der Waals surface area contributed by atoms with E-state index < -0.39 is 11.7 Å². The second-order valence-electron chi connectivity index (χ2n) is 6.06. The van der Waals surface area contributed by atoms with Crippen LogP contribution in [-0.2, 0) is 5.60 Å². The van der Waals surface area contributed by atoms with Crippen molar-refractivity contribution in [3.8, 4) is 0 Å². The third-order valence-electron chi connectivity index (χ3n) is 4.50. The Kier molecular flexibility index (Phi) is 5.86. The lowest BCUT2D eigenvalue weighted by molar-refractivity contribution is -0.0204. The van der Waals surface area contributed by atoms with Gasteiger partial charge in [-0.05, 0) is 48.2 Å². The van der Waals surface area contributed by atoms with Crippen molar-refractivity contribution in [2.75, 3.05) is 0 Å². The maximum atomic E-state index is 13.2. The molecule has 0 fully saturated rings. The molecule has 0 unspecified atom stereocenters.